The van der Waals surface area contributed by atoms with Gasteiger partial charge in [0.25, 0.3) is 0 Å². The summed E-state index contributed by atoms with van der Waals surface area (Å²) in [6.07, 6.45) is 6.27. The maximum Gasteiger partial charge on any atom is 0.410 e. The normalized spacial score (nSPS) is 16.4. The molecule has 1 spiro atoms. The number of methoxy groups -OCH3 is 1. The Morgan fingerprint density at radius 3 is 2.11 bits per heavy atom. The molecule has 0 aliphatic carbocycles. The fourth-order valence-electron chi connectivity index (χ4n) is 5.72. The molecule has 1 N–H and O–H groups in total. The third kappa shape index (κ3) is 7.51. The van der Waals surface area contributed by atoms with Crippen LogP contribution in [0.3, 0.4) is 0 Å². The average Bonchev–Trinajstić information content (AvgIpc) is 3.01. The lowest BCUT2D eigenvalue weighted by Crippen LogP contribution is -2.49. The largest absolute Gasteiger partial charge is 0.495 e. The zero-order valence-electron chi connectivity index (χ0n) is 25.8. The van der Waals surface area contributed by atoms with Crippen LogP contribution in [-0.2, 0) is 11.3 Å². The molecule has 0 atom stereocenters. The second kappa shape index (κ2) is 13.0. The monoisotopic (exact) mass is 631 g/mol. The summed E-state index contributed by atoms with van der Waals surface area (Å²) < 4.78 is 71.2. The molecule has 0 unspecified atom stereocenters. The smallest absolute Gasteiger partial charge is 0.410 e. The lowest BCUT2D eigenvalue weighted by atomic mass is 9.71. The number of rotatable bonds is 7. The summed E-state index contributed by atoms with van der Waals surface area (Å²) in [5.41, 5.74) is 0.492. The molecule has 242 valence electrons. The van der Waals surface area contributed by atoms with Crippen LogP contribution >= 0.6 is 0 Å². The third-order valence-electron chi connectivity index (χ3n) is 8.29. The van der Waals surface area contributed by atoms with E-state index in [0.717, 1.165) is 44.5 Å². The van der Waals surface area contributed by atoms with E-state index in [0.29, 0.717) is 24.5 Å². The number of piperidine rings is 2. The van der Waals surface area contributed by atoms with Gasteiger partial charge in [0.05, 0.1) is 30.8 Å². The number of ether oxygens (including phenoxy) is 3. The summed E-state index contributed by atoms with van der Waals surface area (Å²) in [5.74, 6) is -5.09. The minimum atomic E-state index is -1.52. The number of nitrogens with zero attached hydrogens (tertiary/aromatic N) is 4. The summed E-state index contributed by atoms with van der Waals surface area (Å²) in [6, 6.07) is 5.85. The van der Waals surface area contributed by atoms with E-state index in [9.17, 15) is 22.4 Å². The van der Waals surface area contributed by atoms with Gasteiger partial charge in [-0.1, -0.05) is 0 Å². The first-order valence-corrected chi connectivity index (χ1v) is 14.8. The summed E-state index contributed by atoms with van der Waals surface area (Å²) >= 11 is 0. The van der Waals surface area contributed by atoms with Gasteiger partial charge >= 0.3 is 6.09 Å². The highest BCUT2D eigenvalue weighted by atomic mass is 19.2. The third-order valence-corrected chi connectivity index (χ3v) is 8.29. The lowest BCUT2D eigenvalue weighted by Gasteiger charge is -2.47. The average molecular weight is 632 g/mol. The Morgan fingerprint density at radius 1 is 0.933 bits per heavy atom. The van der Waals surface area contributed by atoms with E-state index in [1.165, 1.54) is 12.4 Å². The molecule has 5 rings (SSSR count). The van der Waals surface area contributed by atoms with Crippen molar-refractivity contribution in [3.05, 3.63) is 65.5 Å². The Hall–Kier alpha value is -4.29. The summed E-state index contributed by atoms with van der Waals surface area (Å²) in [7, 11) is 1.61. The lowest BCUT2D eigenvalue weighted by molar-refractivity contribution is 0.00664. The molecule has 45 heavy (non-hydrogen) atoms. The summed E-state index contributed by atoms with van der Waals surface area (Å²) in [6.45, 7) is 8.05. The molecule has 13 heteroatoms. The van der Waals surface area contributed by atoms with Gasteiger partial charge in [-0.15, -0.1) is 0 Å². The van der Waals surface area contributed by atoms with Crippen LogP contribution in [-0.4, -0.2) is 59.9 Å². The van der Waals surface area contributed by atoms with Crippen LogP contribution < -0.4 is 19.7 Å². The number of amides is 1. The molecule has 1 amide bonds. The molecule has 9 nitrogen and oxygen atoms in total. The fraction of sp³-hybridized carbons (Fsp3) is 0.469. The molecule has 2 aliphatic rings. The number of aromatic nitrogens is 2. The Balaban J connectivity index is 1.15. The van der Waals surface area contributed by atoms with Crippen molar-refractivity contribution in [3.8, 4) is 11.5 Å². The maximum absolute atomic E-state index is 13.9. The molecular weight excluding hydrogens is 594 g/mol. The first-order valence-electron chi connectivity index (χ1n) is 14.8. The van der Waals surface area contributed by atoms with E-state index >= 15 is 0 Å². The van der Waals surface area contributed by atoms with Gasteiger partial charge < -0.3 is 29.3 Å². The van der Waals surface area contributed by atoms with Crippen molar-refractivity contribution in [2.24, 2.45) is 5.41 Å². The molecular formula is C32H37F4N5O4. The fourth-order valence-corrected chi connectivity index (χ4v) is 5.72. The van der Waals surface area contributed by atoms with Crippen LogP contribution in [0.1, 0.15) is 52.0 Å². The van der Waals surface area contributed by atoms with Gasteiger partial charge in [-0.25, -0.2) is 32.3 Å². The van der Waals surface area contributed by atoms with Crippen LogP contribution in [0.2, 0.25) is 0 Å². The first kappa shape index (κ1) is 32.1. The minimum Gasteiger partial charge on any atom is -0.495 e. The minimum absolute atomic E-state index is 0.0512. The number of likely N-dealkylation sites (tertiary alicyclic amines) is 1. The number of hydrogen-bond donors (Lipinski definition) is 1. The molecule has 1 aromatic heterocycles. The molecule has 2 aliphatic heterocycles. The number of anilines is 3. The molecule has 3 aromatic rings. The Morgan fingerprint density at radius 2 is 1.53 bits per heavy atom. The van der Waals surface area contributed by atoms with Crippen molar-refractivity contribution in [1.29, 1.82) is 0 Å². The molecule has 0 radical (unpaired) electrons. The molecule has 0 bridgehead atoms. The number of carbonyl (C=O) groups excluding carboxylic acids is 1. The Labute approximate surface area is 259 Å². The summed E-state index contributed by atoms with van der Waals surface area (Å²) in [5, 5.41) is 3.08. The molecule has 2 aromatic carbocycles. The molecule has 2 fully saturated rings. The van der Waals surface area contributed by atoms with Crippen LogP contribution in [0.5, 0.6) is 11.5 Å². The second-order valence-corrected chi connectivity index (χ2v) is 12.4. The van der Waals surface area contributed by atoms with Crippen molar-refractivity contribution in [2.75, 3.05) is 43.5 Å². The Kier molecular flexibility index (Phi) is 9.26. The number of benzene rings is 2. The number of hydrogen-bond acceptors (Lipinski definition) is 8. The Bertz CT molecular complexity index is 1490. The quantitative estimate of drug-likeness (QED) is 0.221. The summed E-state index contributed by atoms with van der Waals surface area (Å²) in [4.78, 5) is 24.9. The van der Waals surface area contributed by atoms with Gasteiger partial charge in [0.2, 0.25) is 5.95 Å². The van der Waals surface area contributed by atoms with Crippen molar-refractivity contribution < 1.29 is 36.6 Å². The highest BCUT2D eigenvalue weighted by Crippen LogP contribution is 2.44. The van der Waals surface area contributed by atoms with Gasteiger partial charge in [0.1, 0.15) is 18.0 Å². The molecule has 2 saturated heterocycles. The van der Waals surface area contributed by atoms with Crippen LogP contribution in [0.4, 0.5) is 39.7 Å². The van der Waals surface area contributed by atoms with E-state index < -0.39 is 41.0 Å². The van der Waals surface area contributed by atoms with Crippen LogP contribution in [0.15, 0.2) is 36.7 Å². The zero-order chi connectivity index (χ0) is 32.4. The predicted octanol–water partition coefficient (Wildman–Crippen LogP) is 6.98. The van der Waals surface area contributed by atoms with E-state index in [-0.39, 0.29) is 29.3 Å². The van der Waals surface area contributed by atoms with E-state index in [1.54, 1.807) is 7.11 Å². The van der Waals surface area contributed by atoms with Crippen molar-refractivity contribution in [1.82, 2.24) is 14.9 Å². The number of halogens is 4. The van der Waals surface area contributed by atoms with E-state index in [4.69, 9.17) is 14.2 Å². The second-order valence-electron chi connectivity index (χ2n) is 12.4. The van der Waals surface area contributed by atoms with Gasteiger partial charge in [-0.05, 0) is 64.0 Å². The molecule has 0 saturated carbocycles. The van der Waals surface area contributed by atoms with E-state index in [1.807, 2.05) is 43.9 Å². The maximum atomic E-state index is 13.9. The predicted molar refractivity (Wildman–Crippen MR) is 160 cm³/mol. The standard InChI is InChI=1S/C32H37F4N5O4/c1-31(2,3)45-30(42)41-13-9-32(10-14-41)7-11-40(12-8-32)25-6-5-20(15-26(25)43-4)39-29-37-17-21(18-38-29)44-19-22-27(35)23(33)16-24(34)28(22)36/h5-6,15-18H,7-14,19H2,1-4H3,(H,37,38,39). The highest BCUT2D eigenvalue weighted by Gasteiger charge is 2.39. The van der Waals surface area contributed by atoms with E-state index in [2.05, 4.69) is 20.2 Å². The van der Waals surface area contributed by atoms with Crippen molar-refractivity contribution in [3.63, 3.8) is 0 Å². The van der Waals surface area contributed by atoms with Gasteiger partial charge in [0.15, 0.2) is 29.0 Å². The van der Waals surface area contributed by atoms with Gasteiger partial charge in [-0.3, -0.25) is 0 Å². The van der Waals surface area contributed by atoms with Gasteiger partial charge in [-0.2, -0.15) is 0 Å². The van der Waals surface area contributed by atoms with Crippen LogP contribution in [0.25, 0.3) is 0 Å². The van der Waals surface area contributed by atoms with Crippen molar-refractivity contribution in [2.45, 2.75) is 58.7 Å². The SMILES string of the molecule is COc1cc(Nc2ncc(OCc3c(F)c(F)cc(F)c3F)cn2)ccc1N1CCC2(CCN(C(=O)OC(C)(C)C)CC2)CC1. The number of nitrogens with one attached hydrogen (secondary N) is 1. The topological polar surface area (TPSA) is 89.0 Å². The first-order chi connectivity index (χ1) is 21.4. The van der Waals surface area contributed by atoms with Crippen molar-refractivity contribution >= 4 is 23.4 Å². The van der Waals surface area contributed by atoms with Gasteiger partial charge in [0, 0.05) is 44.0 Å². The highest BCUT2D eigenvalue weighted by molar-refractivity contribution is 5.69. The van der Waals surface area contributed by atoms with Crippen LogP contribution in [0, 0.1) is 28.7 Å². The zero-order valence-corrected chi connectivity index (χ0v) is 25.8. The number of carbonyl (C=O) groups is 1. The molecule has 3 heterocycles.